The first-order valence-electron chi connectivity index (χ1n) is 11.7. The molecule has 178 valence electrons. The summed E-state index contributed by atoms with van der Waals surface area (Å²) >= 11 is 0. The molecule has 3 aromatic rings. The zero-order chi connectivity index (χ0) is 23.5. The van der Waals surface area contributed by atoms with Crippen LogP contribution in [0, 0.1) is 0 Å². The number of fused-ring (bicyclic) bond motifs is 1. The van der Waals surface area contributed by atoms with Crippen LogP contribution in [-0.2, 0) is 0 Å². The first kappa shape index (κ1) is 22.1. The van der Waals surface area contributed by atoms with Gasteiger partial charge in [0.05, 0.1) is 5.52 Å². The largest absolute Gasteiger partial charge is 0.439 e. The molecule has 10 heteroatoms. The Bertz CT molecular complexity index is 1180. The molecule has 2 aromatic heterocycles. The first-order valence-corrected chi connectivity index (χ1v) is 11.7. The molecule has 0 atom stereocenters. The number of benzene rings is 1. The van der Waals surface area contributed by atoms with Crippen molar-refractivity contribution in [1.29, 1.82) is 0 Å². The molecule has 0 saturated carbocycles. The van der Waals surface area contributed by atoms with E-state index in [2.05, 4.69) is 25.5 Å². The van der Waals surface area contributed by atoms with Gasteiger partial charge in [-0.25, -0.2) is 19.6 Å². The predicted octanol–water partition coefficient (Wildman–Crippen LogP) is 3.50. The topological polar surface area (TPSA) is 105 Å². The van der Waals surface area contributed by atoms with Crippen molar-refractivity contribution in [2.75, 3.05) is 38.5 Å². The van der Waals surface area contributed by atoms with E-state index in [9.17, 15) is 9.59 Å². The van der Waals surface area contributed by atoms with Crippen molar-refractivity contribution in [1.82, 2.24) is 29.7 Å². The minimum Gasteiger partial charge on any atom is -0.439 e. The first-order chi connectivity index (χ1) is 16.6. The van der Waals surface area contributed by atoms with Crippen LogP contribution in [0.2, 0.25) is 0 Å². The lowest BCUT2D eigenvalue weighted by molar-refractivity contribution is 0.140. The maximum atomic E-state index is 12.8. The Morgan fingerprint density at radius 3 is 2.56 bits per heavy atom. The van der Waals surface area contributed by atoms with Gasteiger partial charge >= 0.3 is 12.1 Å². The van der Waals surface area contributed by atoms with E-state index in [1.165, 1.54) is 36.8 Å². The summed E-state index contributed by atoms with van der Waals surface area (Å²) in [5.41, 5.74) is 0.774. The summed E-state index contributed by atoms with van der Waals surface area (Å²) in [6.07, 6.45) is 7.67. The third-order valence-corrected chi connectivity index (χ3v) is 6.60. The molecule has 10 nitrogen and oxygen atoms in total. The number of hydrogen-bond donors (Lipinski definition) is 2. The van der Waals surface area contributed by atoms with E-state index in [-0.39, 0.29) is 12.1 Å². The fourth-order valence-electron chi connectivity index (χ4n) is 4.80. The van der Waals surface area contributed by atoms with Crippen molar-refractivity contribution < 1.29 is 14.3 Å². The third-order valence-electron chi connectivity index (χ3n) is 6.60. The number of piperidine rings is 1. The van der Waals surface area contributed by atoms with Gasteiger partial charge in [-0.1, -0.05) is 0 Å². The number of nitrogens with one attached hydrogen (secondary N) is 2. The number of urea groups is 1. The molecule has 2 aliphatic heterocycles. The van der Waals surface area contributed by atoms with E-state index < -0.39 is 0 Å². The fraction of sp³-hybridized carbons (Fsp3) is 0.417. The number of hydrogen-bond acceptors (Lipinski definition) is 6. The van der Waals surface area contributed by atoms with Crippen LogP contribution in [0.4, 0.5) is 15.4 Å². The quantitative estimate of drug-likeness (QED) is 0.614. The maximum absolute atomic E-state index is 12.8. The molecule has 2 fully saturated rings. The lowest BCUT2D eigenvalue weighted by Gasteiger charge is -2.36. The number of ether oxygens (including phenoxy) is 1. The number of carbonyl (C=O) groups excluding carboxylic acids is 2. The van der Waals surface area contributed by atoms with Crippen molar-refractivity contribution in [3.05, 3.63) is 42.9 Å². The van der Waals surface area contributed by atoms with Gasteiger partial charge in [0.25, 0.3) is 0 Å². The van der Waals surface area contributed by atoms with Crippen LogP contribution in [-0.4, -0.2) is 75.7 Å². The highest BCUT2D eigenvalue weighted by Gasteiger charge is 2.28. The van der Waals surface area contributed by atoms with Gasteiger partial charge in [-0.05, 0) is 63.0 Å². The van der Waals surface area contributed by atoms with Crippen LogP contribution in [0.3, 0.4) is 0 Å². The predicted molar refractivity (Wildman–Crippen MR) is 128 cm³/mol. The Balaban J connectivity index is 1.20. The zero-order valence-electron chi connectivity index (χ0n) is 19.2. The Kier molecular flexibility index (Phi) is 6.31. The van der Waals surface area contributed by atoms with Crippen molar-refractivity contribution in [2.45, 2.75) is 31.7 Å². The van der Waals surface area contributed by atoms with Gasteiger partial charge < -0.3 is 19.9 Å². The molecule has 4 heterocycles. The molecule has 5 rings (SSSR count). The van der Waals surface area contributed by atoms with E-state index >= 15 is 0 Å². The van der Waals surface area contributed by atoms with Crippen LogP contribution in [0.5, 0.6) is 11.6 Å². The van der Waals surface area contributed by atoms with E-state index in [1.54, 1.807) is 25.4 Å². The Morgan fingerprint density at radius 2 is 1.79 bits per heavy atom. The number of aromatic nitrogens is 3. The highest BCUT2D eigenvalue weighted by atomic mass is 16.5. The second kappa shape index (κ2) is 9.68. The van der Waals surface area contributed by atoms with Gasteiger partial charge in [-0.2, -0.15) is 0 Å². The van der Waals surface area contributed by atoms with E-state index in [4.69, 9.17) is 4.74 Å². The van der Waals surface area contributed by atoms with Crippen molar-refractivity contribution >= 4 is 28.8 Å². The minimum absolute atomic E-state index is 0.151. The van der Waals surface area contributed by atoms with Gasteiger partial charge in [0.1, 0.15) is 17.9 Å². The Morgan fingerprint density at radius 1 is 1.00 bits per heavy atom. The SMILES string of the molecule is CNC(=O)n1ccc2cc(Oc3cc(NC(=O)N4CCC(N5CCCC5)CC4)ncn3)ccc21. The molecule has 1 aromatic carbocycles. The molecule has 0 radical (unpaired) electrons. The summed E-state index contributed by atoms with van der Waals surface area (Å²) in [7, 11) is 1.59. The van der Waals surface area contributed by atoms with Crippen LogP contribution in [0.15, 0.2) is 42.9 Å². The number of rotatable bonds is 4. The monoisotopic (exact) mass is 463 g/mol. The average molecular weight is 464 g/mol. The number of anilines is 1. The zero-order valence-corrected chi connectivity index (χ0v) is 19.2. The summed E-state index contributed by atoms with van der Waals surface area (Å²) < 4.78 is 7.42. The molecular weight excluding hydrogens is 434 g/mol. The number of nitrogens with zero attached hydrogens (tertiary/aromatic N) is 5. The van der Waals surface area contributed by atoms with Gasteiger partial charge in [0.15, 0.2) is 0 Å². The summed E-state index contributed by atoms with van der Waals surface area (Å²) in [6, 6.07) is 9.10. The highest BCUT2D eigenvalue weighted by molar-refractivity contribution is 5.92. The standard InChI is InChI=1S/C24H29N7O3/c1-25-23(32)31-13-6-17-14-19(4-5-20(17)31)34-22-15-21(26-16-27-22)28-24(33)30-11-7-18(8-12-30)29-9-2-3-10-29/h4-6,13-16,18H,2-3,7-12H2,1H3,(H,25,32)(H,26,27,28,33). The van der Waals surface area contributed by atoms with Gasteiger partial charge in [-0.15, -0.1) is 0 Å². The smallest absolute Gasteiger partial charge is 0.325 e. The highest BCUT2D eigenvalue weighted by Crippen LogP contribution is 2.26. The van der Waals surface area contributed by atoms with E-state index in [0.717, 1.165) is 36.8 Å². The van der Waals surface area contributed by atoms with E-state index in [1.807, 2.05) is 23.1 Å². The van der Waals surface area contributed by atoms with Gasteiger partial charge in [0, 0.05) is 43.8 Å². The van der Waals surface area contributed by atoms with Crippen LogP contribution in [0.25, 0.3) is 10.9 Å². The van der Waals surface area contributed by atoms with Crippen LogP contribution < -0.4 is 15.4 Å². The normalized spacial score (nSPS) is 17.1. The Hall–Kier alpha value is -3.66. The minimum atomic E-state index is -0.208. The molecular formula is C24H29N7O3. The molecule has 2 saturated heterocycles. The fourth-order valence-corrected chi connectivity index (χ4v) is 4.80. The molecule has 3 amide bonds. The number of amides is 3. The van der Waals surface area contributed by atoms with Gasteiger partial charge in [-0.3, -0.25) is 9.88 Å². The lowest BCUT2D eigenvalue weighted by Crippen LogP contribution is -2.47. The molecule has 0 aliphatic carbocycles. The summed E-state index contributed by atoms with van der Waals surface area (Å²) in [4.78, 5) is 37.4. The number of likely N-dealkylation sites (tertiary alicyclic amines) is 2. The summed E-state index contributed by atoms with van der Waals surface area (Å²) in [6.45, 7) is 3.87. The maximum Gasteiger partial charge on any atom is 0.325 e. The van der Waals surface area contributed by atoms with Crippen molar-refractivity contribution in [2.24, 2.45) is 0 Å². The molecule has 34 heavy (non-hydrogen) atoms. The van der Waals surface area contributed by atoms with Gasteiger partial charge in [0.2, 0.25) is 5.88 Å². The Labute approximate surface area is 197 Å². The second-order valence-electron chi connectivity index (χ2n) is 8.70. The molecule has 0 unspecified atom stereocenters. The molecule has 2 aliphatic rings. The van der Waals surface area contributed by atoms with Crippen molar-refractivity contribution in [3.8, 4) is 11.6 Å². The van der Waals surface area contributed by atoms with E-state index in [0.29, 0.717) is 23.5 Å². The summed E-state index contributed by atoms with van der Waals surface area (Å²) in [5, 5.41) is 6.34. The third kappa shape index (κ3) is 4.67. The molecule has 0 spiro atoms. The molecule has 2 N–H and O–H groups in total. The second-order valence-corrected chi connectivity index (χ2v) is 8.70. The average Bonchev–Trinajstić information content (AvgIpc) is 3.54. The van der Waals surface area contributed by atoms with Crippen LogP contribution in [0.1, 0.15) is 25.7 Å². The van der Waals surface area contributed by atoms with Crippen molar-refractivity contribution in [3.63, 3.8) is 0 Å². The number of carbonyl (C=O) groups is 2. The summed E-state index contributed by atoms with van der Waals surface area (Å²) in [5.74, 6) is 1.29. The van der Waals surface area contributed by atoms with Crippen LogP contribution >= 0.6 is 0 Å². The molecule has 0 bridgehead atoms. The lowest BCUT2D eigenvalue weighted by atomic mass is 10.0.